The molecular formula is C16H16N2O. The van der Waals surface area contributed by atoms with E-state index < -0.39 is 0 Å². The number of para-hydroxylation sites is 1. The maximum absolute atomic E-state index is 5.88. The molecule has 0 aliphatic carbocycles. The highest BCUT2D eigenvalue weighted by atomic mass is 16.5. The number of methoxy groups -OCH3 is 1. The number of fused-ring (bicyclic) bond motifs is 1. The van der Waals surface area contributed by atoms with Gasteiger partial charge in [-0.05, 0) is 30.3 Å². The van der Waals surface area contributed by atoms with Crippen molar-refractivity contribution in [2.45, 2.75) is 6.54 Å². The number of aromatic nitrogens is 1. The smallest absolute Gasteiger partial charge is 0.128 e. The molecule has 0 saturated heterocycles. The zero-order valence-electron chi connectivity index (χ0n) is 10.8. The molecule has 3 aromatic rings. The topological polar surface area (TPSA) is 40.2 Å². The zero-order valence-corrected chi connectivity index (χ0v) is 10.8. The van der Waals surface area contributed by atoms with Gasteiger partial charge in [0, 0.05) is 23.3 Å². The van der Waals surface area contributed by atoms with Crippen molar-refractivity contribution < 1.29 is 4.74 Å². The molecule has 3 nitrogen and oxygen atoms in total. The first-order valence-corrected chi connectivity index (χ1v) is 6.28. The molecule has 0 saturated carbocycles. The Hall–Kier alpha value is -2.26. The van der Waals surface area contributed by atoms with E-state index >= 15 is 0 Å². The molecule has 19 heavy (non-hydrogen) atoms. The van der Waals surface area contributed by atoms with Crippen LogP contribution in [0, 0.1) is 0 Å². The lowest BCUT2D eigenvalue weighted by molar-refractivity contribution is 0.420. The fourth-order valence-corrected chi connectivity index (χ4v) is 2.47. The van der Waals surface area contributed by atoms with Crippen molar-refractivity contribution in [1.82, 2.24) is 4.57 Å². The van der Waals surface area contributed by atoms with E-state index in [0.29, 0.717) is 6.54 Å². The minimum atomic E-state index is 0.493. The van der Waals surface area contributed by atoms with Crippen molar-refractivity contribution in [3.8, 4) is 11.4 Å². The van der Waals surface area contributed by atoms with Gasteiger partial charge in [-0.25, -0.2) is 0 Å². The van der Waals surface area contributed by atoms with Gasteiger partial charge in [0.25, 0.3) is 0 Å². The van der Waals surface area contributed by atoms with Crippen LogP contribution in [0.5, 0.6) is 5.75 Å². The molecule has 0 aliphatic rings. The Kier molecular flexibility index (Phi) is 2.97. The molecule has 0 aliphatic heterocycles. The molecule has 0 unspecified atom stereocenters. The minimum Gasteiger partial charge on any atom is -0.496 e. The fourth-order valence-electron chi connectivity index (χ4n) is 2.47. The summed E-state index contributed by atoms with van der Waals surface area (Å²) in [5.74, 6) is 0.877. The fraction of sp³-hybridized carbons (Fsp3) is 0.125. The Morgan fingerprint density at radius 3 is 2.53 bits per heavy atom. The first-order valence-electron chi connectivity index (χ1n) is 6.28. The minimum absolute atomic E-state index is 0.493. The second-order valence-electron chi connectivity index (χ2n) is 4.40. The van der Waals surface area contributed by atoms with Gasteiger partial charge >= 0.3 is 0 Å². The Labute approximate surface area is 112 Å². The third kappa shape index (κ3) is 1.88. The van der Waals surface area contributed by atoms with Gasteiger partial charge in [0.05, 0.1) is 12.6 Å². The summed E-state index contributed by atoms with van der Waals surface area (Å²) in [6.45, 7) is 0.493. The van der Waals surface area contributed by atoms with Crippen LogP contribution in [0.15, 0.2) is 54.6 Å². The van der Waals surface area contributed by atoms with Crippen molar-refractivity contribution in [3.63, 3.8) is 0 Å². The van der Waals surface area contributed by atoms with Crippen LogP contribution in [0.1, 0.15) is 5.69 Å². The highest BCUT2D eigenvalue weighted by Gasteiger charge is 2.12. The van der Waals surface area contributed by atoms with Crippen LogP contribution in [0.3, 0.4) is 0 Å². The number of hydrogen-bond acceptors (Lipinski definition) is 2. The van der Waals surface area contributed by atoms with Crippen molar-refractivity contribution in [1.29, 1.82) is 0 Å². The van der Waals surface area contributed by atoms with Gasteiger partial charge in [-0.1, -0.05) is 24.3 Å². The summed E-state index contributed by atoms with van der Waals surface area (Å²) >= 11 is 0. The normalized spacial score (nSPS) is 10.8. The largest absolute Gasteiger partial charge is 0.496 e. The average Bonchev–Trinajstić information content (AvgIpc) is 2.86. The van der Waals surface area contributed by atoms with Crippen molar-refractivity contribution >= 4 is 10.9 Å². The van der Waals surface area contributed by atoms with E-state index in [4.69, 9.17) is 10.5 Å². The highest BCUT2D eigenvalue weighted by Crippen LogP contribution is 2.30. The molecule has 0 bridgehead atoms. The van der Waals surface area contributed by atoms with Gasteiger partial charge in [0.2, 0.25) is 0 Å². The quantitative estimate of drug-likeness (QED) is 0.778. The van der Waals surface area contributed by atoms with Gasteiger partial charge in [0.15, 0.2) is 0 Å². The summed E-state index contributed by atoms with van der Waals surface area (Å²) in [6.07, 6.45) is 0. The molecule has 96 valence electrons. The first-order chi connectivity index (χ1) is 9.35. The Bertz CT molecular complexity index is 701. The number of nitrogens with zero attached hydrogens (tertiary/aromatic N) is 1. The lowest BCUT2D eigenvalue weighted by Crippen LogP contribution is -2.04. The van der Waals surface area contributed by atoms with Gasteiger partial charge in [-0.2, -0.15) is 0 Å². The monoisotopic (exact) mass is 252 g/mol. The van der Waals surface area contributed by atoms with Gasteiger partial charge in [0.1, 0.15) is 5.75 Å². The lowest BCUT2D eigenvalue weighted by atomic mass is 10.2. The SMILES string of the molecule is COc1cccc2c1cc(CN)n2-c1ccccc1. The van der Waals surface area contributed by atoms with Crippen molar-refractivity contribution in [2.75, 3.05) is 7.11 Å². The summed E-state index contributed by atoms with van der Waals surface area (Å²) in [5.41, 5.74) is 9.19. The van der Waals surface area contributed by atoms with Gasteiger partial charge in [-0.3, -0.25) is 0 Å². The predicted octanol–water partition coefficient (Wildman–Crippen LogP) is 3.10. The van der Waals surface area contributed by atoms with E-state index in [2.05, 4.69) is 28.8 Å². The van der Waals surface area contributed by atoms with Crippen LogP contribution < -0.4 is 10.5 Å². The molecular weight excluding hydrogens is 236 g/mol. The van der Waals surface area contributed by atoms with Crippen molar-refractivity contribution in [3.05, 3.63) is 60.3 Å². The third-order valence-corrected chi connectivity index (χ3v) is 3.33. The van der Waals surface area contributed by atoms with E-state index in [1.807, 2.05) is 30.3 Å². The summed E-state index contributed by atoms with van der Waals surface area (Å²) in [4.78, 5) is 0. The molecule has 1 aromatic heterocycles. The molecule has 0 amide bonds. The van der Waals surface area contributed by atoms with Crippen LogP contribution in [0.25, 0.3) is 16.6 Å². The van der Waals surface area contributed by atoms with Crippen LogP contribution >= 0.6 is 0 Å². The maximum atomic E-state index is 5.88. The molecule has 2 aromatic carbocycles. The van der Waals surface area contributed by atoms with Crippen LogP contribution in [-0.2, 0) is 6.54 Å². The van der Waals surface area contributed by atoms with Crippen LogP contribution in [-0.4, -0.2) is 11.7 Å². The second kappa shape index (κ2) is 4.78. The standard InChI is InChI=1S/C16H16N2O/c1-19-16-9-5-8-15-14(16)10-13(11-17)18(15)12-6-3-2-4-7-12/h2-10H,11,17H2,1H3. The molecule has 3 heteroatoms. The third-order valence-electron chi connectivity index (χ3n) is 3.33. The molecule has 0 radical (unpaired) electrons. The highest BCUT2D eigenvalue weighted by molar-refractivity contribution is 5.89. The summed E-state index contributed by atoms with van der Waals surface area (Å²) in [5, 5.41) is 1.09. The number of nitrogens with two attached hydrogens (primary N) is 1. The average molecular weight is 252 g/mol. The maximum Gasteiger partial charge on any atom is 0.128 e. The Balaban J connectivity index is 2.34. The van der Waals surface area contributed by atoms with E-state index in [9.17, 15) is 0 Å². The van der Waals surface area contributed by atoms with E-state index in [-0.39, 0.29) is 0 Å². The van der Waals surface area contributed by atoms with Crippen LogP contribution in [0.4, 0.5) is 0 Å². The summed E-state index contributed by atoms with van der Waals surface area (Å²) in [7, 11) is 1.69. The van der Waals surface area contributed by atoms with Crippen LogP contribution in [0.2, 0.25) is 0 Å². The molecule has 0 spiro atoms. The number of benzene rings is 2. The first kappa shape index (κ1) is 11.8. The Morgan fingerprint density at radius 2 is 1.84 bits per heavy atom. The molecule has 0 atom stereocenters. The number of rotatable bonds is 3. The van der Waals surface area contributed by atoms with Gasteiger partial charge < -0.3 is 15.0 Å². The second-order valence-corrected chi connectivity index (χ2v) is 4.40. The van der Waals surface area contributed by atoms with E-state index in [1.165, 1.54) is 0 Å². The predicted molar refractivity (Wildman–Crippen MR) is 77.7 cm³/mol. The molecule has 1 heterocycles. The van der Waals surface area contributed by atoms with Crippen molar-refractivity contribution in [2.24, 2.45) is 5.73 Å². The summed E-state index contributed by atoms with van der Waals surface area (Å²) in [6, 6.07) is 18.4. The Morgan fingerprint density at radius 1 is 1.05 bits per heavy atom. The van der Waals surface area contributed by atoms with E-state index in [0.717, 1.165) is 28.0 Å². The number of ether oxygens (including phenoxy) is 1. The number of hydrogen-bond donors (Lipinski definition) is 1. The lowest BCUT2D eigenvalue weighted by Gasteiger charge is -2.09. The molecule has 0 fully saturated rings. The molecule has 2 N–H and O–H groups in total. The van der Waals surface area contributed by atoms with E-state index in [1.54, 1.807) is 7.11 Å². The van der Waals surface area contributed by atoms with Gasteiger partial charge in [-0.15, -0.1) is 0 Å². The molecule has 3 rings (SSSR count). The summed E-state index contributed by atoms with van der Waals surface area (Å²) < 4.78 is 7.60. The zero-order chi connectivity index (χ0) is 13.2.